The number of rotatable bonds is 10. The average Bonchev–Trinajstić information content (AvgIpc) is 2.89. The molecule has 0 bridgehead atoms. The first-order chi connectivity index (χ1) is 17.4. The summed E-state index contributed by atoms with van der Waals surface area (Å²) in [7, 11) is 0. The van der Waals surface area contributed by atoms with E-state index in [1.54, 1.807) is 30.5 Å². The zero-order chi connectivity index (χ0) is 25.5. The van der Waals surface area contributed by atoms with E-state index in [0.717, 1.165) is 52.4 Å². The molecule has 4 rings (SSSR count). The van der Waals surface area contributed by atoms with E-state index in [-0.39, 0.29) is 36.2 Å². The summed E-state index contributed by atoms with van der Waals surface area (Å²) < 4.78 is 14.1. The van der Waals surface area contributed by atoms with Gasteiger partial charge < -0.3 is 10.0 Å². The van der Waals surface area contributed by atoms with Crippen molar-refractivity contribution in [3.8, 4) is 0 Å². The van der Waals surface area contributed by atoms with Gasteiger partial charge in [-0.05, 0) is 48.4 Å². The van der Waals surface area contributed by atoms with Crippen LogP contribution in [0.4, 0.5) is 10.2 Å². The van der Waals surface area contributed by atoms with Crippen molar-refractivity contribution in [1.82, 2.24) is 14.8 Å². The third-order valence-electron chi connectivity index (χ3n) is 6.71. The standard InChI is InChI=1S/C28H32ClFN4O2.2ClH/c1-2-32(14-12-23-25(29)6-3-7-26(23)30)19-21-8-10-22(11-9-21)20-33-15-17-34(18-16-33)27-24(28(35)36)5-4-13-31-27;;/h3-11,13H,2,12,14-20H2,1H3,(H,35,36);2*1H. The Kier molecular flexibility index (Phi) is 12.8. The fourth-order valence-corrected chi connectivity index (χ4v) is 4.85. The van der Waals surface area contributed by atoms with E-state index in [1.807, 2.05) is 0 Å². The zero-order valence-corrected chi connectivity index (χ0v) is 23.7. The van der Waals surface area contributed by atoms with Gasteiger partial charge in [-0.25, -0.2) is 14.2 Å². The lowest BCUT2D eigenvalue weighted by Gasteiger charge is -2.35. The van der Waals surface area contributed by atoms with Crippen LogP contribution in [0.2, 0.25) is 5.02 Å². The van der Waals surface area contributed by atoms with Crippen molar-refractivity contribution < 1.29 is 14.3 Å². The number of piperazine rings is 1. The van der Waals surface area contributed by atoms with Crippen molar-refractivity contribution in [2.24, 2.45) is 0 Å². The van der Waals surface area contributed by atoms with Crippen molar-refractivity contribution >= 4 is 48.2 Å². The third-order valence-corrected chi connectivity index (χ3v) is 7.07. The summed E-state index contributed by atoms with van der Waals surface area (Å²) in [5.41, 5.74) is 3.30. The number of nitrogens with zero attached hydrogens (tertiary/aromatic N) is 4. The monoisotopic (exact) mass is 582 g/mol. The smallest absolute Gasteiger partial charge is 0.339 e. The molecule has 0 aliphatic carbocycles. The van der Waals surface area contributed by atoms with Crippen molar-refractivity contribution in [3.63, 3.8) is 0 Å². The molecule has 1 fully saturated rings. The van der Waals surface area contributed by atoms with E-state index in [9.17, 15) is 14.3 Å². The van der Waals surface area contributed by atoms with Crippen LogP contribution in [0.15, 0.2) is 60.8 Å². The largest absolute Gasteiger partial charge is 0.478 e. The lowest BCUT2D eigenvalue weighted by molar-refractivity contribution is 0.0697. The van der Waals surface area contributed by atoms with Crippen LogP contribution in [0.25, 0.3) is 0 Å². The SMILES string of the molecule is CCN(CCc1c(F)cccc1Cl)Cc1ccc(CN2CCN(c3ncccc3C(=O)O)CC2)cc1.Cl.Cl. The zero-order valence-electron chi connectivity index (χ0n) is 21.4. The minimum absolute atomic E-state index is 0. The maximum atomic E-state index is 14.1. The predicted molar refractivity (Wildman–Crippen MR) is 156 cm³/mol. The molecule has 2 aromatic carbocycles. The second-order valence-corrected chi connectivity index (χ2v) is 9.49. The number of likely N-dealkylation sites (N-methyl/N-ethyl adjacent to an activating group) is 1. The minimum Gasteiger partial charge on any atom is -0.478 e. The number of halogens is 4. The molecule has 3 aromatic rings. The van der Waals surface area contributed by atoms with Crippen molar-refractivity contribution in [3.05, 3.63) is 93.9 Å². The van der Waals surface area contributed by atoms with Crippen molar-refractivity contribution in [2.75, 3.05) is 44.2 Å². The molecule has 1 aliphatic rings. The Morgan fingerprint density at radius 2 is 1.71 bits per heavy atom. The summed E-state index contributed by atoms with van der Waals surface area (Å²) in [4.78, 5) is 22.5. The number of aromatic nitrogens is 1. The molecule has 38 heavy (non-hydrogen) atoms. The molecule has 1 saturated heterocycles. The summed E-state index contributed by atoms with van der Waals surface area (Å²) in [6.45, 7) is 8.56. The molecule has 0 spiro atoms. The van der Waals surface area contributed by atoms with E-state index >= 15 is 0 Å². The normalized spacial score (nSPS) is 13.6. The van der Waals surface area contributed by atoms with Crippen LogP contribution < -0.4 is 4.90 Å². The topological polar surface area (TPSA) is 59.9 Å². The highest BCUT2D eigenvalue weighted by Crippen LogP contribution is 2.21. The van der Waals surface area contributed by atoms with E-state index in [2.05, 4.69) is 50.9 Å². The molecule has 1 aromatic heterocycles. The van der Waals surface area contributed by atoms with Gasteiger partial charge in [-0.2, -0.15) is 0 Å². The van der Waals surface area contributed by atoms with Gasteiger partial charge in [0.1, 0.15) is 17.2 Å². The summed E-state index contributed by atoms with van der Waals surface area (Å²) in [5, 5.41) is 9.92. The Morgan fingerprint density at radius 1 is 1.03 bits per heavy atom. The number of hydrogen-bond donors (Lipinski definition) is 1. The quantitative estimate of drug-likeness (QED) is 0.325. The Hall–Kier alpha value is -2.42. The Bertz CT molecular complexity index is 1150. The highest BCUT2D eigenvalue weighted by Gasteiger charge is 2.22. The van der Waals surface area contributed by atoms with Gasteiger partial charge in [0.15, 0.2) is 0 Å². The second-order valence-electron chi connectivity index (χ2n) is 9.08. The first kappa shape index (κ1) is 31.8. The Balaban J connectivity index is 0.00000253. The van der Waals surface area contributed by atoms with Gasteiger partial charge in [0.25, 0.3) is 0 Å². The number of pyridine rings is 1. The van der Waals surface area contributed by atoms with Gasteiger partial charge in [-0.3, -0.25) is 9.80 Å². The van der Waals surface area contributed by atoms with Gasteiger partial charge in [-0.15, -0.1) is 24.8 Å². The molecule has 0 atom stereocenters. The van der Waals surface area contributed by atoms with Crippen molar-refractivity contribution in [2.45, 2.75) is 26.4 Å². The molecule has 1 N–H and O–H groups in total. The number of benzene rings is 2. The predicted octanol–water partition coefficient (Wildman–Crippen LogP) is 5.80. The molecule has 10 heteroatoms. The third kappa shape index (κ3) is 8.29. The van der Waals surface area contributed by atoms with E-state index < -0.39 is 5.97 Å². The minimum atomic E-state index is -0.946. The van der Waals surface area contributed by atoms with E-state index in [4.69, 9.17) is 11.6 Å². The molecule has 1 aliphatic heterocycles. The van der Waals surface area contributed by atoms with Gasteiger partial charge >= 0.3 is 5.97 Å². The number of aromatic carboxylic acids is 1. The Morgan fingerprint density at radius 3 is 2.34 bits per heavy atom. The Labute approximate surface area is 241 Å². The van der Waals surface area contributed by atoms with Crippen LogP contribution in [-0.2, 0) is 19.5 Å². The van der Waals surface area contributed by atoms with Crippen LogP contribution in [0.5, 0.6) is 0 Å². The molecule has 0 radical (unpaired) electrons. The number of carboxylic acids is 1. The summed E-state index contributed by atoms with van der Waals surface area (Å²) in [5.74, 6) is -0.642. The van der Waals surface area contributed by atoms with Gasteiger partial charge in [0, 0.05) is 62.6 Å². The summed E-state index contributed by atoms with van der Waals surface area (Å²) >= 11 is 6.18. The lowest BCUT2D eigenvalue weighted by Crippen LogP contribution is -2.46. The first-order valence-electron chi connectivity index (χ1n) is 12.3. The van der Waals surface area contributed by atoms with Gasteiger partial charge in [0.05, 0.1) is 0 Å². The van der Waals surface area contributed by atoms with Crippen LogP contribution in [0.3, 0.4) is 0 Å². The first-order valence-corrected chi connectivity index (χ1v) is 12.7. The summed E-state index contributed by atoms with van der Waals surface area (Å²) in [6.07, 6.45) is 2.22. The average molecular weight is 584 g/mol. The fraction of sp³-hybridized carbons (Fsp3) is 0.357. The van der Waals surface area contributed by atoms with E-state index in [0.29, 0.717) is 22.8 Å². The molecule has 206 valence electrons. The van der Waals surface area contributed by atoms with Crippen LogP contribution in [-0.4, -0.2) is 65.1 Å². The second kappa shape index (κ2) is 15.2. The molecular formula is C28H34Cl3FN4O2. The highest BCUT2D eigenvalue weighted by atomic mass is 35.5. The molecule has 6 nitrogen and oxygen atoms in total. The number of carbonyl (C=O) groups is 1. The molecule has 0 saturated carbocycles. The lowest BCUT2D eigenvalue weighted by atomic mass is 10.1. The van der Waals surface area contributed by atoms with Gasteiger partial charge in [-0.1, -0.05) is 48.9 Å². The maximum Gasteiger partial charge on any atom is 0.339 e. The fourth-order valence-electron chi connectivity index (χ4n) is 4.59. The molecule has 2 heterocycles. The van der Waals surface area contributed by atoms with Crippen LogP contribution in [0, 0.1) is 5.82 Å². The van der Waals surface area contributed by atoms with Crippen LogP contribution >= 0.6 is 36.4 Å². The van der Waals surface area contributed by atoms with Crippen molar-refractivity contribution in [1.29, 1.82) is 0 Å². The number of carboxylic acid groups (broad SMARTS) is 1. The number of anilines is 1. The van der Waals surface area contributed by atoms with E-state index in [1.165, 1.54) is 17.2 Å². The van der Waals surface area contributed by atoms with Gasteiger partial charge in [0.2, 0.25) is 0 Å². The maximum absolute atomic E-state index is 14.1. The molecular weight excluding hydrogens is 550 g/mol. The van der Waals surface area contributed by atoms with Crippen LogP contribution in [0.1, 0.15) is 34.0 Å². The molecule has 0 unspecified atom stereocenters. The summed E-state index contributed by atoms with van der Waals surface area (Å²) in [6, 6.07) is 16.8. The number of hydrogen-bond acceptors (Lipinski definition) is 5. The highest BCUT2D eigenvalue weighted by molar-refractivity contribution is 6.31. The molecule has 0 amide bonds.